The van der Waals surface area contributed by atoms with Crippen LogP contribution in [0, 0.1) is 0 Å². The van der Waals surface area contributed by atoms with E-state index in [0.29, 0.717) is 12.2 Å². The second-order valence-electron chi connectivity index (χ2n) is 8.76. The molecule has 9 heteroatoms. The average molecular weight is 463 g/mol. The van der Waals surface area contributed by atoms with Crippen LogP contribution >= 0.6 is 0 Å². The zero-order valence-corrected chi connectivity index (χ0v) is 18.9. The van der Waals surface area contributed by atoms with E-state index in [4.69, 9.17) is 14.6 Å². The Labute approximate surface area is 196 Å². The Balaban J connectivity index is 1.22. The minimum atomic E-state index is -0.993. The molecule has 2 fully saturated rings. The zero-order chi connectivity index (χ0) is 23.7. The van der Waals surface area contributed by atoms with Crippen LogP contribution in [0.1, 0.15) is 28.8 Å². The van der Waals surface area contributed by atoms with Gasteiger partial charge in [-0.25, -0.2) is 9.59 Å². The first-order valence-corrected chi connectivity index (χ1v) is 11.2. The van der Waals surface area contributed by atoms with Crippen molar-refractivity contribution in [3.63, 3.8) is 0 Å². The molecule has 34 heavy (non-hydrogen) atoms. The van der Waals surface area contributed by atoms with Gasteiger partial charge in [0.05, 0.1) is 31.1 Å². The number of methoxy groups -OCH3 is 1. The number of aromatic carboxylic acids is 1. The largest absolute Gasteiger partial charge is 0.497 e. The number of piperidine rings is 1. The number of carbonyl (C=O) groups is 2. The Hall–Kier alpha value is -3.85. The van der Waals surface area contributed by atoms with Crippen LogP contribution in [0.4, 0.5) is 10.5 Å². The van der Waals surface area contributed by atoms with Gasteiger partial charge >= 0.3 is 12.1 Å². The number of benzene rings is 2. The van der Waals surface area contributed by atoms with Crippen LogP contribution in [0.2, 0.25) is 0 Å². The average Bonchev–Trinajstić information content (AvgIpc) is 3.45. The van der Waals surface area contributed by atoms with E-state index in [0.717, 1.165) is 55.0 Å². The summed E-state index contributed by atoms with van der Waals surface area (Å²) >= 11 is 0. The molecular weight excluding hydrogens is 436 g/mol. The number of carboxylic acids is 1. The maximum absolute atomic E-state index is 12.6. The highest BCUT2D eigenvalue weighted by Crippen LogP contribution is 2.36. The summed E-state index contributed by atoms with van der Waals surface area (Å²) in [4.78, 5) is 27.6. The number of hydrogen-bond acceptors (Lipinski definition) is 6. The maximum atomic E-state index is 12.6. The number of nitrogens with one attached hydrogen (secondary N) is 1. The van der Waals surface area contributed by atoms with Gasteiger partial charge in [-0.15, -0.1) is 0 Å². The number of nitrogens with zero attached hydrogens (tertiary/aromatic N) is 3. The van der Waals surface area contributed by atoms with E-state index in [1.165, 1.54) is 12.1 Å². The fourth-order valence-corrected chi connectivity index (χ4v) is 4.66. The molecule has 0 bridgehead atoms. The molecule has 2 N–H and O–H groups in total. The van der Waals surface area contributed by atoms with Gasteiger partial charge in [-0.2, -0.15) is 5.10 Å². The van der Waals surface area contributed by atoms with Crippen LogP contribution in [-0.2, 0) is 11.3 Å². The third kappa shape index (κ3) is 4.22. The van der Waals surface area contributed by atoms with Crippen LogP contribution in [-0.4, -0.2) is 64.6 Å². The molecule has 5 rings (SSSR count). The third-order valence-corrected chi connectivity index (χ3v) is 6.65. The third-order valence-electron chi connectivity index (χ3n) is 6.65. The second kappa shape index (κ2) is 8.83. The summed E-state index contributed by atoms with van der Waals surface area (Å²) in [5, 5.41) is 16.5. The van der Waals surface area contributed by atoms with E-state index >= 15 is 0 Å². The van der Waals surface area contributed by atoms with E-state index in [1.54, 1.807) is 24.1 Å². The van der Waals surface area contributed by atoms with Crippen molar-refractivity contribution < 1.29 is 24.2 Å². The molecule has 2 aliphatic rings. The summed E-state index contributed by atoms with van der Waals surface area (Å²) in [6.45, 7) is 2.82. The molecule has 0 unspecified atom stereocenters. The lowest BCUT2D eigenvalue weighted by Crippen LogP contribution is -2.46. The normalized spacial score (nSPS) is 17.7. The number of aromatic amines is 1. The fourth-order valence-electron chi connectivity index (χ4n) is 4.66. The first kappa shape index (κ1) is 22.0. The van der Waals surface area contributed by atoms with Gasteiger partial charge in [0.2, 0.25) is 0 Å². The van der Waals surface area contributed by atoms with Gasteiger partial charge in [0.25, 0.3) is 0 Å². The number of ether oxygens (including phenoxy) is 2. The van der Waals surface area contributed by atoms with Crippen LogP contribution < -0.4 is 9.64 Å². The van der Waals surface area contributed by atoms with Crippen LogP contribution in [0.3, 0.4) is 0 Å². The molecule has 0 aliphatic carbocycles. The van der Waals surface area contributed by atoms with E-state index in [1.807, 2.05) is 30.5 Å². The van der Waals surface area contributed by atoms with Crippen LogP contribution in [0.15, 0.2) is 54.7 Å². The highest BCUT2D eigenvalue weighted by molar-refractivity contribution is 5.92. The highest BCUT2D eigenvalue weighted by atomic mass is 16.6. The number of amides is 1. The molecule has 1 spiro atoms. The van der Waals surface area contributed by atoms with Crippen molar-refractivity contribution in [2.75, 3.05) is 31.6 Å². The molecule has 176 valence electrons. The van der Waals surface area contributed by atoms with Crippen molar-refractivity contribution in [3.05, 3.63) is 65.9 Å². The number of likely N-dealkylation sites (tertiary alicyclic amines) is 1. The number of hydrogen-bond donors (Lipinski definition) is 2. The smallest absolute Gasteiger partial charge is 0.415 e. The molecule has 0 saturated carbocycles. The molecule has 9 nitrogen and oxygen atoms in total. The predicted octanol–water partition coefficient (Wildman–Crippen LogP) is 3.77. The van der Waals surface area contributed by atoms with Gasteiger partial charge in [-0.3, -0.25) is 14.9 Å². The Morgan fingerprint density at radius 3 is 2.50 bits per heavy atom. The van der Waals surface area contributed by atoms with Crippen molar-refractivity contribution in [1.29, 1.82) is 0 Å². The van der Waals surface area contributed by atoms with Gasteiger partial charge in [0.15, 0.2) is 0 Å². The SMILES string of the molecule is COc1ccc(-c2[nH]ncc2CN2CCC3(CC2)CN(c2ccc(C(=O)O)cc2)C(=O)O3)cc1. The molecule has 3 aromatic rings. The lowest BCUT2D eigenvalue weighted by Gasteiger charge is -2.37. The molecule has 0 atom stereocenters. The van der Waals surface area contributed by atoms with Gasteiger partial charge < -0.3 is 14.6 Å². The summed E-state index contributed by atoms with van der Waals surface area (Å²) < 4.78 is 11.1. The standard InChI is InChI=1S/C25H26N4O5/c1-33-21-8-4-17(5-9-21)22-19(14-26-27-22)15-28-12-10-25(11-13-28)16-29(24(32)34-25)20-6-2-18(3-7-20)23(30)31/h2-9,14H,10-13,15-16H2,1H3,(H,26,27)(H,30,31). The zero-order valence-electron chi connectivity index (χ0n) is 18.9. The number of aromatic nitrogens is 2. The number of carboxylic acid groups (broad SMARTS) is 1. The van der Waals surface area contributed by atoms with E-state index < -0.39 is 11.6 Å². The molecule has 1 aromatic heterocycles. The van der Waals surface area contributed by atoms with E-state index in [-0.39, 0.29) is 11.7 Å². The van der Waals surface area contributed by atoms with Crippen molar-refractivity contribution in [1.82, 2.24) is 15.1 Å². The van der Waals surface area contributed by atoms with E-state index in [2.05, 4.69) is 15.1 Å². The summed E-state index contributed by atoms with van der Waals surface area (Å²) in [5.41, 5.74) is 3.48. The summed E-state index contributed by atoms with van der Waals surface area (Å²) in [6.07, 6.45) is 2.95. The number of rotatable bonds is 6. The Kier molecular flexibility index (Phi) is 5.70. The Bertz CT molecular complexity index is 1180. The number of carbonyl (C=O) groups excluding carboxylic acids is 1. The topological polar surface area (TPSA) is 108 Å². The molecular formula is C25H26N4O5. The molecule has 0 radical (unpaired) electrons. The molecule has 2 aliphatic heterocycles. The minimum absolute atomic E-state index is 0.188. The summed E-state index contributed by atoms with van der Waals surface area (Å²) in [7, 11) is 1.65. The lowest BCUT2D eigenvalue weighted by molar-refractivity contribution is -0.000939. The molecule has 1 amide bonds. The van der Waals surface area contributed by atoms with Crippen LogP contribution in [0.5, 0.6) is 5.75 Å². The first-order valence-electron chi connectivity index (χ1n) is 11.2. The highest BCUT2D eigenvalue weighted by Gasteiger charge is 2.47. The number of H-pyrrole nitrogens is 1. The van der Waals surface area contributed by atoms with Crippen molar-refractivity contribution in [3.8, 4) is 17.0 Å². The van der Waals surface area contributed by atoms with Crippen molar-refractivity contribution in [2.24, 2.45) is 0 Å². The van der Waals surface area contributed by atoms with Gasteiger partial charge in [0, 0.05) is 49.3 Å². The van der Waals surface area contributed by atoms with E-state index in [9.17, 15) is 9.59 Å². The molecule has 3 heterocycles. The van der Waals surface area contributed by atoms with Gasteiger partial charge in [-0.05, 0) is 48.5 Å². The minimum Gasteiger partial charge on any atom is -0.497 e. The Morgan fingerprint density at radius 1 is 1.15 bits per heavy atom. The number of anilines is 1. The first-order chi connectivity index (χ1) is 16.5. The molecule has 2 saturated heterocycles. The Morgan fingerprint density at radius 2 is 1.85 bits per heavy atom. The second-order valence-corrected chi connectivity index (χ2v) is 8.76. The lowest BCUT2D eigenvalue weighted by atomic mass is 9.91. The summed E-state index contributed by atoms with van der Waals surface area (Å²) in [6, 6.07) is 14.2. The quantitative estimate of drug-likeness (QED) is 0.574. The van der Waals surface area contributed by atoms with Crippen LogP contribution in [0.25, 0.3) is 11.3 Å². The van der Waals surface area contributed by atoms with Crippen molar-refractivity contribution in [2.45, 2.75) is 25.0 Å². The van der Waals surface area contributed by atoms with Gasteiger partial charge in [0.1, 0.15) is 11.4 Å². The molecule has 2 aromatic carbocycles. The maximum Gasteiger partial charge on any atom is 0.415 e. The fraction of sp³-hybridized carbons (Fsp3) is 0.320. The monoisotopic (exact) mass is 462 g/mol. The summed E-state index contributed by atoms with van der Waals surface area (Å²) in [5.74, 6) is -0.184. The van der Waals surface area contributed by atoms with Gasteiger partial charge in [-0.1, -0.05) is 0 Å². The predicted molar refractivity (Wildman–Crippen MR) is 125 cm³/mol. The van der Waals surface area contributed by atoms with Crippen molar-refractivity contribution >= 4 is 17.7 Å².